The number of nitrogens with one attached hydrogen (secondary N) is 3. The highest BCUT2D eigenvalue weighted by Gasteiger charge is 2.45. The molecule has 0 aliphatic carbocycles. The summed E-state index contributed by atoms with van der Waals surface area (Å²) in [5, 5.41) is 8.23. The van der Waals surface area contributed by atoms with Gasteiger partial charge in [0.2, 0.25) is 11.8 Å². The lowest BCUT2D eigenvalue weighted by Crippen LogP contribution is -2.54. The maximum atomic E-state index is 13.0. The summed E-state index contributed by atoms with van der Waals surface area (Å²) in [6, 6.07) is 17.3. The van der Waals surface area contributed by atoms with Gasteiger partial charge in [-0.25, -0.2) is 4.79 Å². The maximum absolute atomic E-state index is 13.0. The lowest BCUT2D eigenvalue weighted by atomic mass is 9.98. The van der Waals surface area contributed by atoms with Crippen molar-refractivity contribution in [2.24, 2.45) is 5.92 Å². The first-order chi connectivity index (χ1) is 17.2. The highest BCUT2D eigenvalue weighted by Crippen LogP contribution is 2.32. The number of rotatable bonds is 12. The van der Waals surface area contributed by atoms with Crippen LogP contribution < -0.4 is 16.0 Å². The molecule has 36 heavy (non-hydrogen) atoms. The number of alkyl carbamates (subject to hydrolysis) is 1. The molecule has 0 saturated carbocycles. The van der Waals surface area contributed by atoms with Gasteiger partial charge in [-0.2, -0.15) is 0 Å². The first kappa shape index (κ1) is 27.2. The molecule has 0 bridgehead atoms. The molecule has 5 atom stereocenters. The van der Waals surface area contributed by atoms with Crippen LogP contribution in [0, 0.1) is 5.92 Å². The quantitative estimate of drug-likeness (QED) is 0.391. The Kier molecular flexibility index (Phi) is 9.87. The highest BCUT2D eigenvalue weighted by atomic mass is 16.6. The van der Waals surface area contributed by atoms with E-state index in [9.17, 15) is 14.4 Å². The van der Waals surface area contributed by atoms with E-state index in [2.05, 4.69) is 29.8 Å². The zero-order valence-electron chi connectivity index (χ0n) is 21.4. The lowest BCUT2D eigenvalue weighted by molar-refractivity contribution is -0.129. The molecule has 3 N–H and O–H groups in total. The van der Waals surface area contributed by atoms with Gasteiger partial charge in [0.15, 0.2) is 0 Å². The van der Waals surface area contributed by atoms with E-state index >= 15 is 0 Å². The summed E-state index contributed by atoms with van der Waals surface area (Å²) in [6.45, 7) is 7.55. The Labute approximate surface area is 213 Å². The molecular weight excluding hydrogens is 458 g/mol. The molecule has 194 valence electrons. The zero-order chi connectivity index (χ0) is 26.1. The number of hydrogen-bond donors (Lipinski definition) is 3. The Bertz CT molecular complexity index is 999. The molecule has 2 unspecified atom stereocenters. The van der Waals surface area contributed by atoms with E-state index in [4.69, 9.17) is 9.47 Å². The fourth-order valence-electron chi connectivity index (χ4n) is 4.00. The normalized spacial score (nSPS) is 19.0. The predicted octanol–water partition coefficient (Wildman–Crippen LogP) is 3.35. The van der Waals surface area contributed by atoms with Crippen LogP contribution >= 0.6 is 0 Å². The van der Waals surface area contributed by atoms with E-state index in [0.717, 1.165) is 17.5 Å². The zero-order valence-corrected chi connectivity index (χ0v) is 21.4. The minimum absolute atomic E-state index is 0.0561. The van der Waals surface area contributed by atoms with Gasteiger partial charge in [-0.3, -0.25) is 9.59 Å². The largest absolute Gasteiger partial charge is 0.445 e. The Morgan fingerprint density at radius 3 is 1.97 bits per heavy atom. The van der Waals surface area contributed by atoms with Crippen LogP contribution in [0.5, 0.6) is 0 Å². The van der Waals surface area contributed by atoms with Crippen LogP contribution in [-0.2, 0) is 32.1 Å². The van der Waals surface area contributed by atoms with Crippen LogP contribution in [0.2, 0.25) is 0 Å². The van der Waals surface area contributed by atoms with Crippen molar-refractivity contribution >= 4 is 17.9 Å². The monoisotopic (exact) mass is 495 g/mol. The van der Waals surface area contributed by atoms with Gasteiger partial charge >= 0.3 is 6.09 Å². The summed E-state index contributed by atoms with van der Waals surface area (Å²) in [7, 11) is 0. The summed E-state index contributed by atoms with van der Waals surface area (Å²) in [5.41, 5.74) is 1.94. The molecule has 1 fully saturated rings. The van der Waals surface area contributed by atoms with Gasteiger partial charge < -0.3 is 25.4 Å². The summed E-state index contributed by atoms with van der Waals surface area (Å²) < 4.78 is 11.1. The van der Waals surface area contributed by atoms with Crippen LogP contribution in [0.3, 0.4) is 0 Å². The molecule has 2 aromatic carbocycles. The molecule has 3 amide bonds. The van der Waals surface area contributed by atoms with Gasteiger partial charge in [0.25, 0.3) is 0 Å². The van der Waals surface area contributed by atoms with Crippen molar-refractivity contribution in [3.63, 3.8) is 0 Å². The average Bonchev–Trinajstić information content (AvgIpc) is 3.61. The minimum Gasteiger partial charge on any atom is -0.445 e. The summed E-state index contributed by atoms with van der Waals surface area (Å²) in [5.74, 6) is -0.282. The Hall–Kier alpha value is -3.39. The number of epoxide rings is 1. The van der Waals surface area contributed by atoms with Crippen LogP contribution in [0.15, 0.2) is 60.7 Å². The van der Waals surface area contributed by atoms with E-state index in [0.29, 0.717) is 12.3 Å². The second kappa shape index (κ2) is 13.1. The lowest BCUT2D eigenvalue weighted by Gasteiger charge is -2.22. The van der Waals surface area contributed by atoms with Crippen LogP contribution in [0.4, 0.5) is 4.79 Å². The van der Waals surface area contributed by atoms with Crippen molar-refractivity contribution < 1.29 is 23.9 Å². The van der Waals surface area contributed by atoms with E-state index in [1.165, 1.54) is 6.92 Å². The molecule has 0 radical (unpaired) electrons. The van der Waals surface area contributed by atoms with E-state index in [1.807, 2.05) is 60.7 Å². The highest BCUT2D eigenvalue weighted by molar-refractivity contribution is 5.91. The van der Waals surface area contributed by atoms with Crippen molar-refractivity contribution in [3.05, 3.63) is 71.8 Å². The second-order valence-corrected chi connectivity index (χ2v) is 9.73. The number of amides is 3. The third kappa shape index (κ3) is 8.68. The number of hydrogen-bond acceptors (Lipinski definition) is 5. The molecule has 1 heterocycles. The van der Waals surface area contributed by atoms with Crippen LogP contribution in [-0.4, -0.2) is 48.2 Å². The van der Waals surface area contributed by atoms with Crippen molar-refractivity contribution in [2.45, 2.75) is 77.5 Å². The average molecular weight is 496 g/mol. The Morgan fingerprint density at radius 1 is 0.806 bits per heavy atom. The van der Waals surface area contributed by atoms with E-state index < -0.39 is 24.1 Å². The summed E-state index contributed by atoms with van der Waals surface area (Å²) >= 11 is 0. The standard InChI is InChI=1S/C28H37N3O5/c1-18(2)15-24-25(36-24)23(16-21-11-7-5-8-12-21)31-27(33)19(3)29-26(32)20(4)30-28(34)35-17-22-13-9-6-10-14-22/h5-14,18-20,23-25H,15-17H2,1-4H3,(H,29,32)(H,30,34)(H,31,33)/t19-,20-,23-,24?,25?/m0/s1. The molecule has 1 saturated heterocycles. The third-order valence-electron chi connectivity index (χ3n) is 6.04. The first-order valence-electron chi connectivity index (χ1n) is 12.5. The van der Waals surface area contributed by atoms with Gasteiger partial charge in [0.1, 0.15) is 24.8 Å². The smallest absolute Gasteiger partial charge is 0.408 e. The first-order valence-corrected chi connectivity index (χ1v) is 12.5. The van der Waals surface area contributed by atoms with E-state index in [-0.39, 0.29) is 30.8 Å². The number of carbonyl (C=O) groups excluding carboxylic acids is 3. The molecular formula is C28H37N3O5. The SMILES string of the molecule is CC(C)CC1OC1[C@H](Cc1ccccc1)NC(=O)[C@H](C)NC(=O)[C@H](C)NC(=O)OCc1ccccc1. The molecule has 1 aliphatic rings. The van der Waals surface area contributed by atoms with Crippen LogP contribution in [0.1, 0.15) is 45.2 Å². The van der Waals surface area contributed by atoms with Gasteiger partial charge in [-0.1, -0.05) is 74.5 Å². The summed E-state index contributed by atoms with van der Waals surface area (Å²) in [6.07, 6.45) is 0.928. The number of benzene rings is 2. The fraction of sp³-hybridized carbons (Fsp3) is 0.464. The van der Waals surface area contributed by atoms with Crippen molar-refractivity contribution in [1.29, 1.82) is 0 Å². The van der Waals surface area contributed by atoms with Gasteiger partial charge in [-0.15, -0.1) is 0 Å². The molecule has 1 aliphatic heterocycles. The topological polar surface area (TPSA) is 109 Å². The van der Waals surface area contributed by atoms with E-state index in [1.54, 1.807) is 6.92 Å². The van der Waals surface area contributed by atoms with Crippen molar-refractivity contribution in [1.82, 2.24) is 16.0 Å². The second-order valence-electron chi connectivity index (χ2n) is 9.73. The maximum Gasteiger partial charge on any atom is 0.408 e. The summed E-state index contributed by atoms with van der Waals surface area (Å²) in [4.78, 5) is 37.6. The number of ether oxygens (including phenoxy) is 2. The third-order valence-corrected chi connectivity index (χ3v) is 6.04. The predicted molar refractivity (Wildman–Crippen MR) is 137 cm³/mol. The Morgan fingerprint density at radius 2 is 1.36 bits per heavy atom. The van der Waals surface area contributed by atoms with Crippen molar-refractivity contribution in [2.75, 3.05) is 0 Å². The van der Waals surface area contributed by atoms with Gasteiger partial charge in [0.05, 0.1) is 12.1 Å². The molecule has 8 heteroatoms. The Balaban J connectivity index is 1.49. The molecule has 3 rings (SSSR count). The molecule has 0 spiro atoms. The number of carbonyl (C=O) groups is 3. The van der Waals surface area contributed by atoms with Gasteiger partial charge in [-0.05, 0) is 43.7 Å². The van der Waals surface area contributed by atoms with Crippen LogP contribution in [0.25, 0.3) is 0 Å². The van der Waals surface area contributed by atoms with Gasteiger partial charge in [0, 0.05) is 0 Å². The molecule has 2 aromatic rings. The molecule has 0 aromatic heterocycles. The molecule has 8 nitrogen and oxygen atoms in total. The fourth-order valence-corrected chi connectivity index (χ4v) is 4.00. The minimum atomic E-state index is -0.870. The van der Waals surface area contributed by atoms with Crippen molar-refractivity contribution in [3.8, 4) is 0 Å².